The molecule has 0 spiro atoms. The molecule has 0 aromatic rings. The predicted molar refractivity (Wildman–Crippen MR) is 50.8 cm³/mol. The summed E-state index contributed by atoms with van der Waals surface area (Å²) in [5.41, 5.74) is 3.82. The van der Waals surface area contributed by atoms with E-state index in [4.69, 9.17) is 0 Å². The first kappa shape index (κ1) is 7.17. The first-order valence-electron chi connectivity index (χ1n) is 5.47. The second-order valence-corrected chi connectivity index (χ2v) is 5.40. The zero-order chi connectivity index (χ0) is 8.29. The van der Waals surface area contributed by atoms with E-state index in [1.165, 1.54) is 19.3 Å². The molecule has 0 nitrogen and oxygen atoms in total. The average molecular weight is 162 g/mol. The number of allylic oxidation sites excluding steroid dienone is 2. The van der Waals surface area contributed by atoms with Gasteiger partial charge < -0.3 is 0 Å². The minimum Gasteiger partial charge on any atom is -0.0695 e. The minimum absolute atomic E-state index is 0.904. The van der Waals surface area contributed by atoms with E-state index in [-0.39, 0.29) is 0 Å². The fourth-order valence-corrected chi connectivity index (χ4v) is 3.40. The van der Waals surface area contributed by atoms with Gasteiger partial charge in [-0.3, -0.25) is 0 Å². The van der Waals surface area contributed by atoms with E-state index >= 15 is 0 Å². The number of hydrogen-bond acceptors (Lipinski definition) is 0. The molecule has 3 aliphatic rings. The van der Waals surface area contributed by atoms with E-state index in [2.05, 4.69) is 13.8 Å². The van der Waals surface area contributed by atoms with Crippen LogP contribution in [0.4, 0.5) is 0 Å². The summed E-state index contributed by atoms with van der Waals surface area (Å²) in [5.74, 6) is 4.16. The molecule has 0 saturated heterocycles. The Morgan fingerprint density at radius 1 is 1.33 bits per heavy atom. The van der Waals surface area contributed by atoms with E-state index in [1.807, 2.05) is 11.1 Å². The molecule has 0 heteroatoms. The van der Waals surface area contributed by atoms with Crippen molar-refractivity contribution >= 4 is 0 Å². The normalized spacial score (nSPS) is 42.8. The van der Waals surface area contributed by atoms with Crippen molar-refractivity contribution in [2.45, 2.75) is 39.5 Å². The molecular formula is C12H18. The average Bonchev–Trinajstić information content (AvgIpc) is 2.59. The molecule has 0 amide bonds. The van der Waals surface area contributed by atoms with Crippen molar-refractivity contribution in [3.63, 3.8) is 0 Å². The first-order valence-corrected chi connectivity index (χ1v) is 5.47. The summed E-state index contributed by atoms with van der Waals surface area (Å²) < 4.78 is 0. The Morgan fingerprint density at radius 2 is 2.17 bits per heavy atom. The molecule has 0 radical (unpaired) electrons. The van der Waals surface area contributed by atoms with Gasteiger partial charge in [0.15, 0.2) is 0 Å². The van der Waals surface area contributed by atoms with Crippen LogP contribution < -0.4 is 0 Å². The van der Waals surface area contributed by atoms with Crippen LogP contribution in [0.15, 0.2) is 11.1 Å². The highest BCUT2D eigenvalue weighted by Crippen LogP contribution is 2.64. The monoisotopic (exact) mass is 162 g/mol. The molecule has 0 aromatic heterocycles. The van der Waals surface area contributed by atoms with Gasteiger partial charge in [0.05, 0.1) is 0 Å². The molecule has 1 saturated carbocycles. The summed E-state index contributed by atoms with van der Waals surface area (Å²) in [6.07, 6.45) is 5.98. The van der Waals surface area contributed by atoms with E-state index in [0.717, 1.165) is 23.7 Å². The zero-order valence-electron chi connectivity index (χ0n) is 8.14. The third kappa shape index (κ3) is 0.841. The lowest BCUT2D eigenvalue weighted by Gasteiger charge is -2.32. The Bertz CT molecular complexity index is 247. The lowest BCUT2D eigenvalue weighted by atomic mass is 9.73. The van der Waals surface area contributed by atoms with Crippen molar-refractivity contribution in [3.05, 3.63) is 11.1 Å². The number of hydrogen-bond donors (Lipinski definition) is 0. The number of rotatable bonds is 2. The van der Waals surface area contributed by atoms with Crippen molar-refractivity contribution in [1.29, 1.82) is 0 Å². The Balaban J connectivity index is 1.71. The summed E-state index contributed by atoms with van der Waals surface area (Å²) in [7, 11) is 0. The molecule has 3 atom stereocenters. The fourth-order valence-electron chi connectivity index (χ4n) is 3.40. The molecule has 0 N–H and O–H groups in total. The quantitative estimate of drug-likeness (QED) is 0.546. The molecule has 12 heavy (non-hydrogen) atoms. The Kier molecular flexibility index (Phi) is 1.29. The maximum absolute atomic E-state index is 2.36. The van der Waals surface area contributed by atoms with Gasteiger partial charge in [0.1, 0.15) is 0 Å². The fraction of sp³-hybridized carbons (Fsp3) is 0.833. The van der Waals surface area contributed by atoms with Gasteiger partial charge in [-0.25, -0.2) is 0 Å². The minimum atomic E-state index is 0.904. The highest BCUT2D eigenvalue weighted by Gasteiger charge is 2.52. The van der Waals surface area contributed by atoms with Crippen LogP contribution in [0.5, 0.6) is 0 Å². The van der Waals surface area contributed by atoms with Gasteiger partial charge in [0.25, 0.3) is 0 Å². The Labute approximate surface area is 75.0 Å². The summed E-state index contributed by atoms with van der Waals surface area (Å²) in [6, 6.07) is 0. The van der Waals surface area contributed by atoms with Crippen molar-refractivity contribution in [2.24, 2.45) is 23.7 Å². The van der Waals surface area contributed by atoms with Crippen LogP contribution in [0, 0.1) is 23.7 Å². The molecule has 3 unspecified atom stereocenters. The molecule has 0 bridgehead atoms. The van der Waals surface area contributed by atoms with Crippen molar-refractivity contribution in [1.82, 2.24) is 0 Å². The molecule has 0 aromatic carbocycles. The van der Waals surface area contributed by atoms with Gasteiger partial charge in [-0.05, 0) is 49.4 Å². The molecule has 0 heterocycles. The second kappa shape index (κ2) is 2.16. The summed E-state index contributed by atoms with van der Waals surface area (Å²) >= 11 is 0. The van der Waals surface area contributed by atoms with E-state index in [1.54, 1.807) is 6.42 Å². The van der Waals surface area contributed by atoms with Gasteiger partial charge in [-0.2, -0.15) is 0 Å². The first-order chi connectivity index (χ1) is 5.75. The van der Waals surface area contributed by atoms with Crippen LogP contribution in [-0.4, -0.2) is 0 Å². The van der Waals surface area contributed by atoms with Crippen molar-refractivity contribution in [3.8, 4) is 0 Å². The van der Waals surface area contributed by atoms with Gasteiger partial charge >= 0.3 is 0 Å². The lowest BCUT2D eigenvalue weighted by molar-refractivity contribution is 0.404. The molecule has 3 aliphatic carbocycles. The van der Waals surface area contributed by atoms with Crippen LogP contribution in [-0.2, 0) is 0 Å². The molecular weight excluding hydrogens is 144 g/mol. The van der Waals surface area contributed by atoms with Crippen molar-refractivity contribution < 1.29 is 0 Å². The summed E-state index contributed by atoms with van der Waals surface area (Å²) in [6.45, 7) is 4.72. The van der Waals surface area contributed by atoms with Crippen LogP contribution >= 0.6 is 0 Å². The standard InChI is InChI=1S/C12H18/c1-7(2)3-9-5-10-4-8-6-11(8)12(9)10/h7-9,11H,3-6H2,1-2H3. The third-order valence-electron chi connectivity index (χ3n) is 3.93. The maximum atomic E-state index is 2.36. The maximum Gasteiger partial charge on any atom is -0.0158 e. The molecule has 0 aliphatic heterocycles. The van der Waals surface area contributed by atoms with Gasteiger partial charge in [0.2, 0.25) is 0 Å². The molecule has 1 fully saturated rings. The third-order valence-corrected chi connectivity index (χ3v) is 3.93. The smallest absolute Gasteiger partial charge is 0.0158 e. The molecule has 3 rings (SSSR count). The SMILES string of the molecule is CC(C)CC1CC2=C1C1CC1C2. The van der Waals surface area contributed by atoms with Gasteiger partial charge in [-0.15, -0.1) is 0 Å². The topological polar surface area (TPSA) is 0 Å². The van der Waals surface area contributed by atoms with Crippen LogP contribution in [0.2, 0.25) is 0 Å². The van der Waals surface area contributed by atoms with E-state index in [0.29, 0.717) is 0 Å². The Morgan fingerprint density at radius 3 is 2.83 bits per heavy atom. The lowest BCUT2D eigenvalue weighted by Crippen LogP contribution is -2.19. The van der Waals surface area contributed by atoms with Gasteiger partial charge in [-0.1, -0.05) is 25.0 Å². The summed E-state index contributed by atoms with van der Waals surface area (Å²) in [5, 5.41) is 0. The van der Waals surface area contributed by atoms with Crippen LogP contribution in [0.25, 0.3) is 0 Å². The van der Waals surface area contributed by atoms with Crippen LogP contribution in [0.3, 0.4) is 0 Å². The largest absolute Gasteiger partial charge is 0.0695 e. The van der Waals surface area contributed by atoms with Crippen LogP contribution in [0.1, 0.15) is 39.5 Å². The van der Waals surface area contributed by atoms with Gasteiger partial charge in [0, 0.05) is 0 Å². The zero-order valence-corrected chi connectivity index (χ0v) is 8.14. The van der Waals surface area contributed by atoms with E-state index in [9.17, 15) is 0 Å². The van der Waals surface area contributed by atoms with Crippen molar-refractivity contribution in [2.75, 3.05) is 0 Å². The Hall–Kier alpha value is -0.260. The summed E-state index contributed by atoms with van der Waals surface area (Å²) in [4.78, 5) is 0. The predicted octanol–water partition coefficient (Wildman–Crippen LogP) is 3.39. The number of fused-ring (bicyclic) bond motifs is 2. The highest BCUT2D eigenvalue weighted by atomic mass is 14.6. The van der Waals surface area contributed by atoms with E-state index < -0.39 is 0 Å². The highest BCUT2D eigenvalue weighted by molar-refractivity contribution is 5.41. The second-order valence-electron chi connectivity index (χ2n) is 5.40. The molecule has 66 valence electrons.